The van der Waals surface area contributed by atoms with E-state index in [1.165, 1.54) is 17.4 Å². The van der Waals surface area contributed by atoms with Gasteiger partial charge in [-0.3, -0.25) is 4.98 Å². The van der Waals surface area contributed by atoms with Gasteiger partial charge in [0, 0.05) is 16.6 Å². The van der Waals surface area contributed by atoms with Crippen LogP contribution < -0.4 is 0 Å². The Kier molecular flexibility index (Phi) is 5.33. The zero-order valence-electron chi connectivity index (χ0n) is 15.4. The van der Waals surface area contributed by atoms with E-state index in [0.717, 1.165) is 28.3 Å². The van der Waals surface area contributed by atoms with Crippen molar-refractivity contribution in [2.45, 2.75) is 36.5 Å². The molecule has 0 aliphatic heterocycles. The van der Waals surface area contributed by atoms with Gasteiger partial charge in [0.05, 0.1) is 10.9 Å². The van der Waals surface area contributed by atoms with Gasteiger partial charge in [-0.15, -0.1) is 11.3 Å². The molecule has 3 aromatic rings. The van der Waals surface area contributed by atoms with Crippen LogP contribution in [-0.4, -0.2) is 14.2 Å². The Hall–Kier alpha value is -2.26. The predicted molar refractivity (Wildman–Crippen MR) is 104 cm³/mol. The Morgan fingerprint density at radius 3 is 2.39 bits per heavy atom. The Balaban J connectivity index is 1.97. The fraction of sp³-hybridized carbons (Fsp3) is 0.263. The number of rotatable bonds is 4. The van der Waals surface area contributed by atoms with Gasteiger partial charge in [0.1, 0.15) is 15.4 Å². The maximum Gasteiger partial charge on any atom is 0.433 e. The van der Waals surface area contributed by atoms with Gasteiger partial charge in [0.25, 0.3) is 0 Å². The highest BCUT2D eigenvalue weighted by atomic mass is 32.2. The summed E-state index contributed by atoms with van der Waals surface area (Å²) in [6.07, 6.45) is -3.51. The average Bonchev–Trinajstić information content (AvgIpc) is 3.03. The monoisotopic (exact) mass is 425 g/mol. The molecule has 0 bridgehead atoms. The predicted octanol–water partition coefficient (Wildman–Crippen LogP) is 6.01. The SMILES string of the molecule is Cc1ccccc1-c1nc(S(=N)(=O)C(C)c2ccc(C(F)(F)F)nc2)sc1C. The van der Waals surface area contributed by atoms with E-state index in [0.29, 0.717) is 11.3 Å². The van der Waals surface area contributed by atoms with Crippen LogP contribution in [0, 0.1) is 18.6 Å². The van der Waals surface area contributed by atoms with Crippen LogP contribution in [0.15, 0.2) is 46.9 Å². The second-order valence-electron chi connectivity index (χ2n) is 6.42. The van der Waals surface area contributed by atoms with Gasteiger partial charge in [-0.2, -0.15) is 13.2 Å². The van der Waals surface area contributed by atoms with Crippen LogP contribution in [0.3, 0.4) is 0 Å². The van der Waals surface area contributed by atoms with Gasteiger partial charge in [-0.1, -0.05) is 30.3 Å². The van der Waals surface area contributed by atoms with Crippen molar-refractivity contribution in [3.8, 4) is 11.3 Å². The third-order valence-electron chi connectivity index (χ3n) is 4.48. The molecular weight excluding hydrogens is 407 g/mol. The molecular formula is C19H18F3N3OS2. The lowest BCUT2D eigenvalue weighted by molar-refractivity contribution is -0.141. The molecule has 2 unspecified atom stereocenters. The summed E-state index contributed by atoms with van der Waals surface area (Å²) in [5.74, 6) is 0. The number of pyridine rings is 1. The summed E-state index contributed by atoms with van der Waals surface area (Å²) in [5.41, 5.74) is 1.88. The molecule has 1 aromatic carbocycles. The first kappa shape index (κ1) is 20.5. The maximum atomic E-state index is 13.2. The van der Waals surface area contributed by atoms with Crippen molar-refractivity contribution in [1.82, 2.24) is 9.97 Å². The Morgan fingerprint density at radius 1 is 1.14 bits per heavy atom. The molecule has 0 saturated heterocycles. The second kappa shape index (κ2) is 7.29. The molecule has 2 atom stereocenters. The summed E-state index contributed by atoms with van der Waals surface area (Å²) in [6.45, 7) is 5.34. The Labute approximate surface area is 165 Å². The van der Waals surface area contributed by atoms with Gasteiger partial charge < -0.3 is 0 Å². The fourth-order valence-electron chi connectivity index (χ4n) is 2.75. The summed E-state index contributed by atoms with van der Waals surface area (Å²) < 4.78 is 59.9. The second-order valence-corrected chi connectivity index (χ2v) is 10.2. The van der Waals surface area contributed by atoms with Crippen molar-refractivity contribution in [2.75, 3.05) is 0 Å². The number of alkyl halides is 3. The van der Waals surface area contributed by atoms with Crippen molar-refractivity contribution in [1.29, 1.82) is 4.78 Å². The molecule has 28 heavy (non-hydrogen) atoms. The number of nitrogens with one attached hydrogen (secondary N) is 1. The number of nitrogens with zero attached hydrogens (tertiary/aromatic N) is 2. The van der Waals surface area contributed by atoms with Crippen LogP contribution in [0.5, 0.6) is 0 Å². The van der Waals surface area contributed by atoms with Gasteiger partial charge in [-0.05, 0) is 38.0 Å². The highest BCUT2D eigenvalue weighted by molar-refractivity contribution is 7.94. The van der Waals surface area contributed by atoms with E-state index in [1.807, 2.05) is 38.1 Å². The van der Waals surface area contributed by atoms with E-state index in [9.17, 15) is 17.4 Å². The Bertz CT molecular complexity index is 1100. The largest absolute Gasteiger partial charge is 0.433 e. The molecule has 2 heterocycles. The summed E-state index contributed by atoms with van der Waals surface area (Å²) in [7, 11) is -3.38. The molecule has 3 rings (SSSR count). The van der Waals surface area contributed by atoms with E-state index in [-0.39, 0.29) is 4.34 Å². The number of halogens is 3. The van der Waals surface area contributed by atoms with Crippen LogP contribution in [0.25, 0.3) is 11.3 Å². The zero-order valence-corrected chi connectivity index (χ0v) is 17.0. The van der Waals surface area contributed by atoms with E-state index in [2.05, 4.69) is 9.97 Å². The molecule has 9 heteroatoms. The topological polar surface area (TPSA) is 66.7 Å². The molecule has 0 spiro atoms. The summed E-state index contributed by atoms with van der Waals surface area (Å²) in [5, 5.41) is -0.849. The average molecular weight is 426 g/mol. The van der Waals surface area contributed by atoms with Crippen LogP contribution >= 0.6 is 11.3 Å². The van der Waals surface area contributed by atoms with E-state index < -0.39 is 26.8 Å². The van der Waals surface area contributed by atoms with Crippen LogP contribution in [0.2, 0.25) is 0 Å². The normalized spacial score (nSPS) is 15.2. The minimum Gasteiger partial charge on any atom is -0.251 e. The van der Waals surface area contributed by atoms with E-state index in [4.69, 9.17) is 4.78 Å². The van der Waals surface area contributed by atoms with Crippen molar-refractivity contribution in [3.63, 3.8) is 0 Å². The quantitative estimate of drug-likeness (QED) is 0.557. The molecule has 0 aliphatic carbocycles. The summed E-state index contributed by atoms with van der Waals surface area (Å²) in [4.78, 5) is 8.72. The van der Waals surface area contributed by atoms with E-state index in [1.54, 1.807) is 6.92 Å². The van der Waals surface area contributed by atoms with Crippen LogP contribution in [-0.2, 0) is 15.9 Å². The summed E-state index contributed by atoms with van der Waals surface area (Å²) >= 11 is 1.18. The molecule has 1 N–H and O–H groups in total. The number of aromatic nitrogens is 2. The van der Waals surface area contributed by atoms with Gasteiger partial charge in [0.2, 0.25) is 0 Å². The number of hydrogen-bond acceptors (Lipinski definition) is 5. The molecule has 148 valence electrons. The molecule has 0 aliphatic rings. The molecule has 0 amide bonds. The number of benzene rings is 1. The van der Waals surface area contributed by atoms with E-state index >= 15 is 0 Å². The number of hydrogen-bond donors (Lipinski definition) is 1. The van der Waals surface area contributed by atoms with Crippen LogP contribution in [0.4, 0.5) is 13.2 Å². The molecule has 4 nitrogen and oxygen atoms in total. The maximum absolute atomic E-state index is 13.2. The first-order valence-electron chi connectivity index (χ1n) is 8.36. The lowest BCUT2D eigenvalue weighted by Gasteiger charge is -2.14. The van der Waals surface area contributed by atoms with Crippen molar-refractivity contribution >= 4 is 21.1 Å². The van der Waals surface area contributed by atoms with Crippen molar-refractivity contribution in [3.05, 3.63) is 64.3 Å². The molecule has 0 saturated carbocycles. The van der Waals surface area contributed by atoms with Crippen molar-refractivity contribution in [2.24, 2.45) is 0 Å². The fourth-order valence-corrected chi connectivity index (χ4v) is 5.75. The van der Waals surface area contributed by atoms with Gasteiger partial charge >= 0.3 is 6.18 Å². The smallest absolute Gasteiger partial charge is 0.251 e. The lowest BCUT2D eigenvalue weighted by Crippen LogP contribution is -2.12. The van der Waals surface area contributed by atoms with Crippen molar-refractivity contribution < 1.29 is 17.4 Å². The highest BCUT2D eigenvalue weighted by Gasteiger charge is 2.33. The standard InChI is InChI=1S/C19H18F3N3OS2/c1-11-6-4-5-7-15(11)17-12(2)27-18(25-17)28(23,26)13(3)14-8-9-16(24-10-14)19(20,21)22/h4-10,13,23H,1-3H3. The highest BCUT2D eigenvalue weighted by Crippen LogP contribution is 2.37. The minimum absolute atomic E-state index is 0.163. The number of aryl methyl sites for hydroxylation is 2. The zero-order chi connectivity index (χ0) is 20.7. The van der Waals surface area contributed by atoms with Gasteiger partial charge in [-0.25, -0.2) is 14.0 Å². The number of thiazole rings is 1. The first-order valence-corrected chi connectivity index (χ1v) is 10.8. The minimum atomic E-state index is -4.54. The lowest BCUT2D eigenvalue weighted by atomic mass is 10.1. The molecule has 0 fully saturated rings. The van der Waals surface area contributed by atoms with Gasteiger partial charge in [0.15, 0.2) is 4.34 Å². The molecule has 2 aromatic heterocycles. The summed E-state index contributed by atoms with van der Waals surface area (Å²) in [6, 6.07) is 9.72. The van der Waals surface area contributed by atoms with Crippen LogP contribution in [0.1, 0.15) is 33.9 Å². The molecule has 0 radical (unpaired) electrons. The third kappa shape index (κ3) is 3.81. The third-order valence-corrected chi connectivity index (χ3v) is 8.12. The first-order chi connectivity index (χ1) is 13.0. The Morgan fingerprint density at radius 2 is 1.82 bits per heavy atom.